The van der Waals surface area contributed by atoms with Gasteiger partial charge in [0.2, 0.25) is 0 Å². The molecule has 0 fully saturated rings. The van der Waals surface area contributed by atoms with Gasteiger partial charge in [-0.05, 0) is 24.1 Å². The fourth-order valence-electron chi connectivity index (χ4n) is 1.60. The van der Waals surface area contributed by atoms with Crippen molar-refractivity contribution in [3.63, 3.8) is 0 Å². The van der Waals surface area contributed by atoms with Crippen LogP contribution in [0, 0.1) is 0 Å². The molecule has 0 spiro atoms. The first-order valence-corrected chi connectivity index (χ1v) is 6.55. The van der Waals surface area contributed by atoms with Crippen molar-refractivity contribution in [1.29, 1.82) is 0 Å². The number of aromatic hydroxyl groups is 2. The minimum Gasteiger partial charge on any atom is -0.504 e. The Labute approximate surface area is 113 Å². The third-order valence-electron chi connectivity index (χ3n) is 2.71. The van der Waals surface area contributed by atoms with Gasteiger partial charge in [-0.1, -0.05) is 32.3 Å². The van der Waals surface area contributed by atoms with E-state index in [0.29, 0.717) is 12.2 Å². The van der Waals surface area contributed by atoms with Gasteiger partial charge in [0.25, 0.3) is 0 Å². The molecule has 0 unspecified atom stereocenters. The average Bonchev–Trinajstić information content (AvgIpc) is 2.40. The summed E-state index contributed by atoms with van der Waals surface area (Å²) in [5, 5.41) is 21.0. The van der Waals surface area contributed by atoms with E-state index >= 15 is 0 Å². The molecule has 19 heavy (non-hydrogen) atoms. The van der Waals surface area contributed by atoms with Crippen LogP contribution in [-0.2, 0) is 11.3 Å². The number of hydrogen-bond acceptors (Lipinski definition) is 4. The van der Waals surface area contributed by atoms with Crippen LogP contribution in [0.5, 0.6) is 11.5 Å². The van der Waals surface area contributed by atoms with Gasteiger partial charge in [0.05, 0.1) is 6.61 Å². The van der Waals surface area contributed by atoms with Crippen LogP contribution in [0.15, 0.2) is 18.2 Å². The van der Waals surface area contributed by atoms with Gasteiger partial charge in [-0.2, -0.15) is 0 Å². The van der Waals surface area contributed by atoms with E-state index in [-0.39, 0.29) is 18.0 Å². The Bertz CT molecular complexity index is 406. The highest BCUT2D eigenvalue weighted by molar-refractivity contribution is 5.67. The molecule has 0 saturated heterocycles. The number of ether oxygens (including phenoxy) is 1. The molecule has 0 radical (unpaired) electrons. The smallest absolute Gasteiger partial charge is 0.407 e. The Kier molecular flexibility index (Phi) is 6.57. The quantitative estimate of drug-likeness (QED) is 0.524. The van der Waals surface area contributed by atoms with Crippen LogP contribution < -0.4 is 5.32 Å². The molecule has 0 saturated carbocycles. The van der Waals surface area contributed by atoms with Crippen molar-refractivity contribution < 1.29 is 19.7 Å². The molecule has 106 valence electrons. The average molecular weight is 267 g/mol. The van der Waals surface area contributed by atoms with Crippen LogP contribution in [-0.4, -0.2) is 22.9 Å². The molecular formula is C14H21NO4. The molecule has 0 heterocycles. The van der Waals surface area contributed by atoms with E-state index in [0.717, 1.165) is 25.7 Å². The van der Waals surface area contributed by atoms with Crippen LogP contribution in [0.1, 0.15) is 38.2 Å². The SMILES string of the molecule is CCCCCCOC(=O)NCc1ccc(O)c(O)c1. The predicted molar refractivity (Wildman–Crippen MR) is 72.1 cm³/mol. The lowest BCUT2D eigenvalue weighted by atomic mass is 10.2. The molecular weight excluding hydrogens is 246 g/mol. The number of alkyl carbamates (subject to hydrolysis) is 1. The first kappa shape index (κ1) is 15.1. The maximum absolute atomic E-state index is 11.4. The second-order valence-corrected chi connectivity index (χ2v) is 4.37. The van der Waals surface area contributed by atoms with Gasteiger partial charge in [0.1, 0.15) is 0 Å². The minimum atomic E-state index is -0.468. The highest BCUT2D eigenvalue weighted by atomic mass is 16.5. The number of carbonyl (C=O) groups excluding carboxylic acids is 1. The second kappa shape index (κ2) is 8.24. The normalized spacial score (nSPS) is 10.2. The van der Waals surface area contributed by atoms with E-state index in [2.05, 4.69) is 12.2 Å². The first-order chi connectivity index (χ1) is 9.13. The Balaban J connectivity index is 2.20. The number of amides is 1. The highest BCUT2D eigenvalue weighted by Crippen LogP contribution is 2.24. The minimum absolute atomic E-state index is 0.178. The number of hydrogen-bond donors (Lipinski definition) is 3. The highest BCUT2D eigenvalue weighted by Gasteiger charge is 2.04. The van der Waals surface area contributed by atoms with Crippen molar-refractivity contribution in [2.45, 2.75) is 39.2 Å². The second-order valence-electron chi connectivity index (χ2n) is 4.37. The lowest BCUT2D eigenvalue weighted by Crippen LogP contribution is -2.24. The Morgan fingerprint density at radius 3 is 2.68 bits per heavy atom. The Morgan fingerprint density at radius 2 is 2.00 bits per heavy atom. The molecule has 1 amide bonds. The molecule has 1 rings (SSSR count). The van der Waals surface area contributed by atoms with E-state index in [1.165, 1.54) is 12.1 Å². The van der Waals surface area contributed by atoms with E-state index in [1.807, 2.05) is 0 Å². The van der Waals surface area contributed by atoms with Crippen molar-refractivity contribution in [2.75, 3.05) is 6.61 Å². The predicted octanol–water partition coefficient (Wildman–Crippen LogP) is 2.90. The number of carbonyl (C=O) groups is 1. The van der Waals surface area contributed by atoms with Crippen LogP contribution in [0.4, 0.5) is 4.79 Å². The van der Waals surface area contributed by atoms with Crippen LogP contribution in [0.2, 0.25) is 0 Å². The Morgan fingerprint density at radius 1 is 1.21 bits per heavy atom. The van der Waals surface area contributed by atoms with Crippen molar-refractivity contribution in [3.8, 4) is 11.5 Å². The first-order valence-electron chi connectivity index (χ1n) is 6.55. The van der Waals surface area contributed by atoms with Gasteiger partial charge in [-0.3, -0.25) is 0 Å². The summed E-state index contributed by atoms with van der Waals surface area (Å²) in [7, 11) is 0. The van der Waals surface area contributed by atoms with Crippen molar-refractivity contribution >= 4 is 6.09 Å². The van der Waals surface area contributed by atoms with Gasteiger partial charge in [0, 0.05) is 6.54 Å². The molecule has 5 heteroatoms. The number of benzene rings is 1. The third kappa shape index (κ3) is 5.99. The van der Waals surface area contributed by atoms with E-state index in [4.69, 9.17) is 9.84 Å². The zero-order chi connectivity index (χ0) is 14.1. The molecule has 0 aromatic heterocycles. The molecule has 0 bridgehead atoms. The van der Waals surface area contributed by atoms with Crippen molar-refractivity contribution in [3.05, 3.63) is 23.8 Å². The zero-order valence-electron chi connectivity index (χ0n) is 11.2. The summed E-state index contributed by atoms with van der Waals surface area (Å²) in [5.41, 5.74) is 0.693. The van der Waals surface area contributed by atoms with Crippen LogP contribution in [0.3, 0.4) is 0 Å². The number of phenols is 2. The third-order valence-corrected chi connectivity index (χ3v) is 2.71. The van der Waals surface area contributed by atoms with Crippen molar-refractivity contribution in [2.24, 2.45) is 0 Å². The summed E-state index contributed by atoms with van der Waals surface area (Å²) < 4.78 is 5.00. The van der Waals surface area contributed by atoms with E-state index < -0.39 is 6.09 Å². The summed E-state index contributed by atoms with van der Waals surface area (Å²) in [5.74, 6) is -0.380. The van der Waals surface area contributed by atoms with E-state index in [1.54, 1.807) is 6.07 Å². The zero-order valence-corrected chi connectivity index (χ0v) is 11.2. The van der Waals surface area contributed by atoms with Gasteiger partial charge in [0.15, 0.2) is 11.5 Å². The molecule has 0 aliphatic rings. The number of phenolic OH excluding ortho intramolecular Hbond substituents is 2. The maximum atomic E-state index is 11.4. The summed E-state index contributed by atoms with van der Waals surface area (Å²) in [4.78, 5) is 11.4. The molecule has 0 aliphatic heterocycles. The van der Waals surface area contributed by atoms with Gasteiger partial charge < -0.3 is 20.3 Å². The van der Waals surface area contributed by atoms with Crippen molar-refractivity contribution in [1.82, 2.24) is 5.32 Å². The van der Waals surface area contributed by atoms with Gasteiger partial charge in [-0.15, -0.1) is 0 Å². The molecule has 5 nitrogen and oxygen atoms in total. The molecule has 3 N–H and O–H groups in total. The molecule has 0 aliphatic carbocycles. The maximum Gasteiger partial charge on any atom is 0.407 e. The number of rotatable bonds is 7. The summed E-state index contributed by atoms with van der Waals surface area (Å²) in [6, 6.07) is 4.40. The molecule has 1 aromatic carbocycles. The summed E-state index contributed by atoms with van der Waals surface area (Å²) >= 11 is 0. The number of unbranched alkanes of at least 4 members (excludes halogenated alkanes) is 3. The van der Waals surface area contributed by atoms with Gasteiger partial charge >= 0.3 is 6.09 Å². The summed E-state index contributed by atoms with van der Waals surface area (Å²) in [6.07, 6.45) is 3.77. The lowest BCUT2D eigenvalue weighted by molar-refractivity contribution is 0.143. The monoisotopic (exact) mass is 267 g/mol. The number of nitrogens with one attached hydrogen (secondary N) is 1. The standard InChI is InChI=1S/C14H21NO4/c1-2-3-4-5-8-19-14(18)15-10-11-6-7-12(16)13(17)9-11/h6-7,9,16-17H,2-5,8,10H2,1H3,(H,15,18). The van der Waals surface area contributed by atoms with Gasteiger partial charge in [-0.25, -0.2) is 4.79 Å². The van der Waals surface area contributed by atoms with Crippen LogP contribution in [0.25, 0.3) is 0 Å². The largest absolute Gasteiger partial charge is 0.504 e. The van der Waals surface area contributed by atoms with E-state index in [9.17, 15) is 9.90 Å². The van der Waals surface area contributed by atoms with Crippen LogP contribution >= 0.6 is 0 Å². The molecule has 1 aromatic rings. The summed E-state index contributed by atoms with van der Waals surface area (Å²) in [6.45, 7) is 2.80. The fraction of sp³-hybridized carbons (Fsp3) is 0.500. The Hall–Kier alpha value is -1.91. The molecule has 0 atom stereocenters. The lowest BCUT2D eigenvalue weighted by Gasteiger charge is -2.07. The topological polar surface area (TPSA) is 78.8 Å². The fourth-order valence-corrected chi connectivity index (χ4v) is 1.60.